The maximum Gasteiger partial charge on any atom is 0.352 e. The summed E-state index contributed by atoms with van der Waals surface area (Å²) >= 11 is 0. The molecule has 4 rings (SSSR count). The second kappa shape index (κ2) is 9.19. The molecule has 0 amide bonds. The number of para-hydroxylation sites is 1. The van der Waals surface area contributed by atoms with Crippen molar-refractivity contribution in [2.24, 2.45) is 0 Å². The van der Waals surface area contributed by atoms with Crippen LogP contribution in [-0.4, -0.2) is 22.2 Å². The van der Waals surface area contributed by atoms with Crippen LogP contribution < -0.4 is 5.32 Å². The summed E-state index contributed by atoms with van der Waals surface area (Å²) in [5.74, 6) is -0.549. The minimum atomic E-state index is -0.892. The van der Waals surface area contributed by atoms with E-state index in [0.717, 1.165) is 28.6 Å². The van der Waals surface area contributed by atoms with E-state index in [1.54, 1.807) is 0 Å². The fraction of sp³-hybridized carbons (Fsp3) is 0.222. The molecule has 0 aliphatic heterocycles. The van der Waals surface area contributed by atoms with Gasteiger partial charge in [0.1, 0.15) is 5.69 Å². The maximum atomic E-state index is 12.3. The molecular formula is C27H28N2O2. The topological polar surface area (TPSA) is 54.3 Å². The highest BCUT2D eigenvalue weighted by Gasteiger charge is 2.22. The zero-order chi connectivity index (χ0) is 21.8. The highest BCUT2D eigenvalue weighted by Crippen LogP contribution is 2.28. The summed E-state index contributed by atoms with van der Waals surface area (Å²) in [4.78, 5) is 12.3. The number of benzene rings is 3. The number of fused-ring (bicyclic) bond motifs is 1. The molecule has 0 saturated heterocycles. The van der Waals surface area contributed by atoms with Crippen LogP contribution in [0.1, 0.15) is 45.6 Å². The molecule has 4 nitrogen and oxygen atoms in total. The Morgan fingerprint density at radius 2 is 1.65 bits per heavy atom. The second-order valence-corrected chi connectivity index (χ2v) is 8.16. The van der Waals surface area contributed by atoms with E-state index in [1.807, 2.05) is 47.0 Å². The van der Waals surface area contributed by atoms with Gasteiger partial charge < -0.3 is 15.0 Å². The average Bonchev–Trinajstić information content (AvgIpc) is 3.09. The van der Waals surface area contributed by atoms with Gasteiger partial charge in [-0.05, 0) is 30.0 Å². The van der Waals surface area contributed by atoms with E-state index in [9.17, 15) is 9.90 Å². The smallest absolute Gasteiger partial charge is 0.352 e. The molecule has 0 bridgehead atoms. The Bertz CT molecular complexity index is 1180. The number of nitrogens with one attached hydrogen (secondary N) is 1. The number of hydrogen-bond donors (Lipinski definition) is 2. The quantitative estimate of drug-likeness (QED) is 0.397. The van der Waals surface area contributed by atoms with Crippen LogP contribution in [0.5, 0.6) is 0 Å². The number of carboxylic acids is 1. The third-order valence-electron chi connectivity index (χ3n) is 5.86. The molecular weight excluding hydrogens is 384 g/mol. The lowest BCUT2D eigenvalue weighted by atomic mass is 10.0. The van der Waals surface area contributed by atoms with Crippen molar-refractivity contribution >= 4 is 16.9 Å². The van der Waals surface area contributed by atoms with E-state index >= 15 is 0 Å². The summed E-state index contributed by atoms with van der Waals surface area (Å²) in [5, 5.41) is 14.6. The van der Waals surface area contributed by atoms with Crippen LogP contribution >= 0.6 is 0 Å². The van der Waals surface area contributed by atoms with Crippen LogP contribution in [-0.2, 0) is 13.1 Å². The number of aromatic nitrogens is 1. The second-order valence-electron chi connectivity index (χ2n) is 8.16. The van der Waals surface area contributed by atoms with Crippen molar-refractivity contribution < 1.29 is 9.90 Å². The number of aromatic carboxylic acids is 1. The number of hydrogen-bond acceptors (Lipinski definition) is 2. The van der Waals surface area contributed by atoms with Gasteiger partial charge in [-0.3, -0.25) is 0 Å². The summed E-state index contributed by atoms with van der Waals surface area (Å²) in [6.07, 6.45) is 0. The third kappa shape index (κ3) is 4.54. The molecule has 0 spiro atoms. The van der Waals surface area contributed by atoms with E-state index in [2.05, 4.69) is 55.6 Å². The molecule has 1 heterocycles. The Kier molecular flexibility index (Phi) is 6.19. The normalized spacial score (nSPS) is 12.2. The first-order valence-corrected chi connectivity index (χ1v) is 10.7. The van der Waals surface area contributed by atoms with E-state index in [0.29, 0.717) is 24.7 Å². The van der Waals surface area contributed by atoms with E-state index in [-0.39, 0.29) is 0 Å². The van der Waals surface area contributed by atoms with Crippen LogP contribution in [0, 0.1) is 6.92 Å². The minimum Gasteiger partial charge on any atom is -0.477 e. The monoisotopic (exact) mass is 412 g/mol. The molecule has 2 N–H and O–H groups in total. The molecule has 158 valence electrons. The van der Waals surface area contributed by atoms with Crippen molar-refractivity contribution in [1.82, 2.24) is 9.88 Å². The van der Waals surface area contributed by atoms with Gasteiger partial charge in [-0.25, -0.2) is 4.79 Å². The highest BCUT2D eigenvalue weighted by atomic mass is 16.4. The van der Waals surface area contributed by atoms with Gasteiger partial charge in [-0.15, -0.1) is 0 Å². The van der Waals surface area contributed by atoms with Gasteiger partial charge in [-0.1, -0.05) is 85.3 Å². The van der Waals surface area contributed by atoms with Gasteiger partial charge in [0.25, 0.3) is 0 Å². The van der Waals surface area contributed by atoms with Gasteiger partial charge in [0.2, 0.25) is 0 Å². The largest absolute Gasteiger partial charge is 0.477 e. The van der Waals surface area contributed by atoms with E-state index in [4.69, 9.17) is 0 Å². The predicted molar refractivity (Wildman–Crippen MR) is 126 cm³/mol. The molecule has 0 aliphatic carbocycles. The summed E-state index contributed by atoms with van der Waals surface area (Å²) in [7, 11) is 0. The number of rotatable bonds is 8. The van der Waals surface area contributed by atoms with Crippen molar-refractivity contribution in [3.05, 3.63) is 107 Å². The molecule has 0 saturated carbocycles. The Morgan fingerprint density at radius 1 is 0.968 bits per heavy atom. The summed E-state index contributed by atoms with van der Waals surface area (Å²) < 4.78 is 1.93. The number of aryl methyl sites for hydroxylation is 1. The number of nitrogens with zero attached hydrogens (tertiary/aromatic N) is 1. The molecule has 4 aromatic rings. The first kappa shape index (κ1) is 20.9. The molecule has 4 heteroatoms. The Balaban J connectivity index is 1.64. The standard InChI is InChI=1S/C27H28N2O2/c1-19-12-14-21(15-13-19)18-29-25-11-7-6-10-23(25)24(26(29)27(30)31)17-28-16-20(2)22-8-4-3-5-9-22/h3-15,20,28H,16-18H2,1-2H3,(H,30,31)/t20-/m0/s1. The molecule has 31 heavy (non-hydrogen) atoms. The van der Waals surface area contributed by atoms with Gasteiger partial charge in [0, 0.05) is 36.1 Å². The van der Waals surface area contributed by atoms with Crippen molar-refractivity contribution in [3.8, 4) is 0 Å². The maximum absolute atomic E-state index is 12.3. The van der Waals surface area contributed by atoms with Crippen LogP contribution in [0.4, 0.5) is 0 Å². The molecule has 1 aromatic heterocycles. The number of carbonyl (C=O) groups is 1. The van der Waals surface area contributed by atoms with Crippen molar-refractivity contribution in [1.29, 1.82) is 0 Å². The lowest BCUT2D eigenvalue weighted by molar-refractivity contribution is 0.0685. The fourth-order valence-electron chi connectivity index (χ4n) is 4.15. The summed E-state index contributed by atoms with van der Waals surface area (Å²) in [5.41, 5.74) is 5.71. The van der Waals surface area contributed by atoms with E-state index in [1.165, 1.54) is 11.1 Å². The van der Waals surface area contributed by atoms with Gasteiger partial charge in [0.15, 0.2) is 0 Å². The molecule has 0 fully saturated rings. The third-order valence-corrected chi connectivity index (χ3v) is 5.86. The first-order chi connectivity index (χ1) is 15.0. The van der Waals surface area contributed by atoms with Crippen LogP contribution in [0.15, 0.2) is 78.9 Å². The Morgan fingerprint density at radius 3 is 2.35 bits per heavy atom. The lowest BCUT2D eigenvalue weighted by Crippen LogP contribution is -2.21. The average molecular weight is 413 g/mol. The highest BCUT2D eigenvalue weighted by molar-refractivity contribution is 5.98. The Hall–Kier alpha value is -3.37. The zero-order valence-electron chi connectivity index (χ0n) is 18.0. The summed E-state index contributed by atoms with van der Waals surface area (Å²) in [6.45, 7) is 6.06. The molecule has 0 unspecified atom stereocenters. The first-order valence-electron chi connectivity index (χ1n) is 10.7. The van der Waals surface area contributed by atoms with Crippen molar-refractivity contribution in [2.75, 3.05) is 6.54 Å². The zero-order valence-corrected chi connectivity index (χ0v) is 18.0. The van der Waals surface area contributed by atoms with E-state index < -0.39 is 5.97 Å². The van der Waals surface area contributed by atoms with Gasteiger partial charge in [0.05, 0.1) is 0 Å². The van der Waals surface area contributed by atoms with Crippen LogP contribution in [0.3, 0.4) is 0 Å². The predicted octanol–water partition coefficient (Wildman–Crippen LogP) is 5.59. The van der Waals surface area contributed by atoms with Crippen LogP contribution in [0.25, 0.3) is 10.9 Å². The number of carboxylic acid groups (broad SMARTS) is 1. The molecule has 0 radical (unpaired) electrons. The fourth-order valence-corrected chi connectivity index (χ4v) is 4.15. The van der Waals surface area contributed by atoms with Gasteiger partial charge >= 0.3 is 5.97 Å². The van der Waals surface area contributed by atoms with Crippen LogP contribution in [0.2, 0.25) is 0 Å². The SMILES string of the molecule is Cc1ccc(Cn2c(C(=O)O)c(CNC[C@H](C)c3ccccc3)c3ccccc32)cc1. The van der Waals surface area contributed by atoms with Crippen molar-refractivity contribution in [3.63, 3.8) is 0 Å². The Labute approximate surface area is 183 Å². The molecule has 1 atom stereocenters. The molecule has 3 aromatic carbocycles. The summed E-state index contributed by atoms with van der Waals surface area (Å²) in [6, 6.07) is 26.6. The van der Waals surface area contributed by atoms with Crippen molar-refractivity contribution in [2.45, 2.75) is 32.9 Å². The lowest BCUT2D eigenvalue weighted by Gasteiger charge is -2.14. The van der Waals surface area contributed by atoms with Gasteiger partial charge in [-0.2, -0.15) is 0 Å². The molecule has 0 aliphatic rings. The minimum absolute atomic E-state index is 0.343.